The standard InChI is InChI=1S/C16H13ClN6O6S/c1-29-13-5-3-10(23(25)26)7-12(13)22-30(27,28)14-6-9(2-4-11(14)17)15(24)20-16-18-8-19-21-16/h2-8,22H,1H3,(H2,18,19,20,21,24). The number of aromatic nitrogens is 3. The highest BCUT2D eigenvalue weighted by Crippen LogP contribution is 2.32. The van der Waals surface area contributed by atoms with Crippen molar-refractivity contribution in [3.05, 3.63) is 63.4 Å². The van der Waals surface area contributed by atoms with E-state index in [0.717, 1.165) is 18.2 Å². The molecule has 0 aliphatic carbocycles. The summed E-state index contributed by atoms with van der Waals surface area (Å²) >= 11 is 6.03. The number of nitro groups is 1. The van der Waals surface area contributed by atoms with Crippen molar-refractivity contribution in [2.75, 3.05) is 17.1 Å². The van der Waals surface area contributed by atoms with E-state index >= 15 is 0 Å². The fraction of sp³-hybridized carbons (Fsp3) is 0.0625. The van der Waals surface area contributed by atoms with Crippen molar-refractivity contribution in [1.29, 1.82) is 0 Å². The predicted octanol–water partition coefficient (Wildman–Crippen LogP) is 2.43. The van der Waals surface area contributed by atoms with Crippen LogP contribution in [0, 0.1) is 10.1 Å². The van der Waals surface area contributed by atoms with Crippen LogP contribution in [0.3, 0.4) is 0 Å². The van der Waals surface area contributed by atoms with Crippen LogP contribution < -0.4 is 14.8 Å². The number of halogens is 1. The maximum Gasteiger partial charge on any atom is 0.271 e. The first-order chi connectivity index (χ1) is 14.2. The van der Waals surface area contributed by atoms with Crippen LogP contribution in [0.4, 0.5) is 17.3 Å². The van der Waals surface area contributed by atoms with Crippen LogP contribution in [0.1, 0.15) is 10.4 Å². The van der Waals surface area contributed by atoms with Crippen molar-refractivity contribution < 1.29 is 22.9 Å². The number of methoxy groups -OCH3 is 1. The SMILES string of the molecule is COc1ccc([N+](=O)[O-])cc1NS(=O)(=O)c1cc(C(=O)Nc2ncn[nH]2)ccc1Cl. The van der Waals surface area contributed by atoms with Gasteiger partial charge in [0.25, 0.3) is 21.6 Å². The molecule has 3 aromatic rings. The summed E-state index contributed by atoms with van der Waals surface area (Å²) in [4.78, 5) is 26.0. The number of non-ortho nitro benzene ring substituents is 1. The van der Waals surface area contributed by atoms with E-state index < -0.39 is 25.7 Å². The van der Waals surface area contributed by atoms with Crippen molar-refractivity contribution in [3.63, 3.8) is 0 Å². The molecular formula is C16H13ClN6O6S. The van der Waals surface area contributed by atoms with Crippen molar-refractivity contribution in [2.24, 2.45) is 0 Å². The number of H-pyrrole nitrogens is 1. The smallest absolute Gasteiger partial charge is 0.271 e. The monoisotopic (exact) mass is 452 g/mol. The Morgan fingerprint density at radius 2 is 2.03 bits per heavy atom. The van der Waals surface area contributed by atoms with Crippen LogP contribution in [-0.4, -0.2) is 41.5 Å². The molecule has 0 fully saturated rings. The van der Waals surface area contributed by atoms with Gasteiger partial charge in [-0.25, -0.2) is 13.5 Å². The van der Waals surface area contributed by atoms with Gasteiger partial charge in [-0.05, 0) is 24.3 Å². The zero-order chi connectivity index (χ0) is 21.9. The number of nitro benzene ring substituents is 1. The third kappa shape index (κ3) is 4.47. The normalized spacial score (nSPS) is 11.0. The molecule has 1 amide bonds. The molecule has 0 unspecified atom stereocenters. The largest absolute Gasteiger partial charge is 0.495 e. The molecule has 0 aliphatic rings. The molecule has 30 heavy (non-hydrogen) atoms. The van der Waals surface area contributed by atoms with E-state index in [9.17, 15) is 23.3 Å². The van der Waals surface area contributed by atoms with Crippen molar-refractivity contribution >= 4 is 44.9 Å². The van der Waals surface area contributed by atoms with Gasteiger partial charge >= 0.3 is 0 Å². The van der Waals surface area contributed by atoms with Crippen molar-refractivity contribution in [1.82, 2.24) is 15.2 Å². The summed E-state index contributed by atoms with van der Waals surface area (Å²) in [6.07, 6.45) is 1.18. The van der Waals surface area contributed by atoms with Gasteiger partial charge in [0.05, 0.1) is 22.7 Å². The van der Waals surface area contributed by atoms with Gasteiger partial charge in [-0.2, -0.15) is 10.1 Å². The van der Waals surface area contributed by atoms with Crippen LogP contribution in [0.5, 0.6) is 5.75 Å². The number of carbonyl (C=O) groups excluding carboxylic acids is 1. The minimum atomic E-state index is -4.34. The topological polar surface area (TPSA) is 169 Å². The van der Waals surface area contributed by atoms with E-state index in [-0.39, 0.29) is 33.7 Å². The quantitative estimate of drug-likeness (QED) is 0.362. The van der Waals surface area contributed by atoms with E-state index in [0.29, 0.717) is 0 Å². The van der Waals surface area contributed by atoms with E-state index in [1.807, 2.05) is 0 Å². The summed E-state index contributed by atoms with van der Waals surface area (Å²) in [7, 11) is -3.06. The molecule has 0 saturated heterocycles. The number of nitrogens with zero attached hydrogens (tertiary/aromatic N) is 3. The van der Waals surface area contributed by atoms with E-state index in [2.05, 4.69) is 25.2 Å². The maximum atomic E-state index is 12.9. The van der Waals surface area contributed by atoms with Crippen LogP contribution in [0.2, 0.25) is 5.02 Å². The lowest BCUT2D eigenvalue weighted by Crippen LogP contribution is -2.17. The second-order valence-corrected chi connectivity index (χ2v) is 7.74. The van der Waals surface area contributed by atoms with Gasteiger partial charge in [-0.1, -0.05) is 11.6 Å². The Labute approximate surface area is 174 Å². The number of rotatable bonds is 7. The fourth-order valence-electron chi connectivity index (χ4n) is 2.38. The van der Waals surface area contributed by atoms with Gasteiger partial charge in [-0.3, -0.25) is 24.9 Å². The minimum Gasteiger partial charge on any atom is -0.495 e. The highest BCUT2D eigenvalue weighted by atomic mass is 35.5. The molecule has 2 aromatic carbocycles. The van der Waals surface area contributed by atoms with Gasteiger partial charge in [0.15, 0.2) is 0 Å². The van der Waals surface area contributed by atoms with Crippen molar-refractivity contribution in [3.8, 4) is 5.75 Å². The number of hydrogen-bond donors (Lipinski definition) is 3. The van der Waals surface area contributed by atoms with Crippen LogP contribution in [0.15, 0.2) is 47.6 Å². The molecule has 0 aliphatic heterocycles. The minimum absolute atomic E-state index is 0.0258. The Hall–Kier alpha value is -3.71. The van der Waals surface area contributed by atoms with E-state index in [4.69, 9.17) is 16.3 Å². The molecular weight excluding hydrogens is 440 g/mol. The second kappa shape index (κ2) is 8.34. The molecule has 0 spiro atoms. The summed E-state index contributed by atoms with van der Waals surface area (Å²) in [6.45, 7) is 0. The van der Waals surface area contributed by atoms with Gasteiger partial charge in [-0.15, -0.1) is 0 Å². The first-order valence-corrected chi connectivity index (χ1v) is 9.89. The maximum absolute atomic E-state index is 12.9. The summed E-state index contributed by atoms with van der Waals surface area (Å²) in [5.74, 6) is -0.536. The molecule has 0 saturated carbocycles. The average Bonchev–Trinajstić information content (AvgIpc) is 3.20. The number of anilines is 2. The highest BCUT2D eigenvalue weighted by molar-refractivity contribution is 7.92. The number of amides is 1. The van der Waals surface area contributed by atoms with Crippen LogP contribution in [0.25, 0.3) is 0 Å². The average molecular weight is 453 g/mol. The lowest BCUT2D eigenvalue weighted by atomic mass is 10.2. The van der Waals surface area contributed by atoms with Crippen molar-refractivity contribution in [2.45, 2.75) is 4.90 Å². The molecule has 0 bridgehead atoms. The molecule has 0 radical (unpaired) electrons. The number of carbonyl (C=O) groups is 1. The number of sulfonamides is 1. The van der Waals surface area contributed by atoms with E-state index in [1.54, 1.807) is 0 Å². The summed E-state index contributed by atoms with van der Waals surface area (Å²) < 4.78 is 33.0. The zero-order valence-electron chi connectivity index (χ0n) is 15.1. The summed E-state index contributed by atoms with van der Waals surface area (Å²) in [5, 5.41) is 19.3. The molecule has 3 N–H and O–H groups in total. The Balaban J connectivity index is 1.95. The Morgan fingerprint density at radius 1 is 1.27 bits per heavy atom. The molecule has 1 heterocycles. The number of aromatic amines is 1. The lowest BCUT2D eigenvalue weighted by Gasteiger charge is -2.13. The first kappa shape index (κ1) is 21.0. The highest BCUT2D eigenvalue weighted by Gasteiger charge is 2.23. The van der Waals surface area contributed by atoms with Gasteiger partial charge in [0, 0.05) is 17.7 Å². The second-order valence-electron chi connectivity index (χ2n) is 5.68. The summed E-state index contributed by atoms with van der Waals surface area (Å²) in [5.41, 5.74) is -0.541. The first-order valence-electron chi connectivity index (χ1n) is 8.03. The third-order valence-corrected chi connectivity index (χ3v) is 5.62. The number of ether oxygens (including phenoxy) is 1. The van der Waals surface area contributed by atoms with Gasteiger partial charge in [0.1, 0.15) is 17.0 Å². The van der Waals surface area contributed by atoms with Gasteiger partial charge in [0.2, 0.25) is 5.95 Å². The van der Waals surface area contributed by atoms with E-state index in [1.165, 1.54) is 31.6 Å². The van der Waals surface area contributed by atoms with Crippen LogP contribution >= 0.6 is 11.6 Å². The lowest BCUT2D eigenvalue weighted by molar-refractivity contribution is -0.384. The third-order valence-electron chi connectivity index (χ3n) is 3.77. The Bertz CT molecular complexity index is 1210. The van der Waals surface area contributed by atoms with Gasteiger partial charge < -0.3 is 4.74 Å². The molecule has 3 rings (SSSR count). The molecule has 0 atom stereocenters. The molecule has 14 heteroatoms. The molecule has 156 valence electrons. The Morgan fingerprint density at radius 3 is 2.67 bits per heavy atom. The molecule has 1 aromatic heterocycles. The number of benzene rings is 2. The number of nitrogens with one attached hydrogen (secondary N) is 3. The fourth-order valence-corrected chi connectivity index (χ4v) is 3.97. The zero-order valence-corrected chi connectivity index (χ0v) is 16.7. The number of hydrogen-bond acceptors (Lipinski definition) is 8. The Kier molecular flexibility index (Phi) is 5.84. The predicted molar refractivity (Wildman–Crippen MR) is 106 cm³/mol. The summed E-state index contributed by atoms with van der Waals surface area (Å²) in [6, 6.07) is 7.03. The molecule has 12 nitrogen and oxygen atoms in total. The van der Waals surface area contributed by atoms with Crippen LogP contribution in [-0.2, 0) is 10.0 Å².